The second-order valence-electron chi connectivity index (χ2n) is 3.98. The van der Waals surface area contributed by atoms with E-state index in [0.29, 0.717) is 5.92 Å². The average molecular weight is 217 g/mol. The van der Waals surface area contributed by atoms with E-state index in [4.69, 9.17) is 11.6 Å². The van der Waals surface area contributed by atoms with Gasteiger partial charge in [-0.05, 0) is 37.3 Å². The second-order valence-corrected chi connectivity index (χ2v) is 5.70. The summed E-state index contributed by atoms with van der Waals surface area (Å²) < 4.78 is 0.767. The van der Waals surface area contributed by atoms with Gasteiger partial charge < -0.3 is 5.11 Å². The van der Waals surface area contributed by atoms with Crippen molar-refractivity contribution in [3.05, 3.63) is 21.3 Å². The highest BCUT2D eigenvalue weighted by atomic mass is 35.5. The summed E-state index contributed by atoms with van der Waals surface area (Å²) in [7, 11) is 0. The molecule has 2 rings (SSSR count). The molecule has 1 aliphatic rings. The lowest BCUT2D eigenvalue weighted by molar-refractivity contribution is 0.0446. The highest BCUT2D eigenvalue weighted by Crippen LogP contribution is 2.44. The van der Waals surface area contributed by atoms with Crippen LogP contribution in [-0.4, -0.2) is 5.11 Å². The summed E-state index contributed by atoms with van der Waals surface area (Å²) >= 11 is 7.35. The van der Waals surface area contributed by atoms with E-state index in [1.54, 1.807) is 0 Å². The average Bonchev–Trinajstić information content (AvgIpc) is 2.60. The molecule has 1 fully saturated rings. The highest BCUT2D eigenvalue weighted by molar-refractivity contribution is 7.16. The maximum Gasteiger partial charge on any atom is 0.0991 e. The van der Waals surface area contributed by atoms with Crippen molar-refractivity contribution in [2.75, 3.05) is 0 Å². The zero-order chi connectivity index (χ0) is 9.47. The Hall–Kier alpha value is -0.0500. The fourth-order valence-corrected chi connectivity index (χ4v) is 3.22. The van der Waals surface area contributed by atoms with Crippen molar-refractivity contribution in [1.82, 2.24) is 0 Å². The van der Waals surface area contributed by atoms with E-state index >= 15 is 0 Å². The monoisotopic (exact) mass is 216 g/mol. The standard InChI is InChI=1S/C10H13ClOS/c1-7-4-5-10(12,6-7)8-2-3-9(11)13-8/h2-3,7,12H,4-6H2,1H3. The van der Waals surface area contributed by atoms with Gasteiger partial charge in [0.15, 0.2) is 0 Å². The normalized spacial score (nSPS) is 33.9. The maximum atomic E-state index is 10.3. The summed E-state index contributed by atoms with van der Waals surface area (Å²) in [6, 6.07) is 3.81. The molecular formula is C10H13ClOS. The van der Waals surface area contributed by atoms with E-state index in [2.05, 4.69) is 6.92 Å². The van der Waals surface area contributed by atoms with Crippen LogP contribution in [-0.2, 0) is 5.60 Å². The van der Waals surface area contributed by atoms with E-state index in [0.717, 1.165) is 28.5 Å². The molecule has 1 nitrogen and oxygen atoms in total. The van der Waals surface area contributed by atoms with E-state index in [9.17, 15) is 5.11 Å². The summed E-state index contributed by atoms with van der Waals surface area (Å²) in [5.74, 6) is 0.630. The number of aliphatic hydroxyl groups is 1. The van der Waals surface area contributed by atoms with Crippen molar-refractivity contribution in [2.24, 2.45) is 5.92 Å². The van der Waals surface area contributed by atoms with Crippen molar-refractivity contribution in [3.8, 4) is 0 Å². The van der Waals surface area contributed by atoms with Crippen LogP contribution in [0.25, 0.3) is 0 Å². The van der Waals surface area contributed by atoms with Crippen LogP contribution >= 0.6 is 22.9 Å². The van der Waals surface area contributed by atoms with E-state index < -0.39 is 5.60 Å². The lowest BCUT2D eigenvalue weighted by Gasteiger charge is -2.20. The second kappa shape index (κ2) is 3.26. The van der Waals surface area contributed by atoms with Gasteiger partial charge in [0.1, 0.15) is 0 Å². The molecule has 0 saturated heterocycles. The maximum absolute atomic E-state index is 10.3. The molecule has 72 valence electrons. The molecule has 1 aromatic heterocycles. The molecule has 2 atom stereocenters. The third-order valence-electron chi connectivity index (χ3n) is 2.77. The topological polar surface area (TPSA) is 20.2 Å². The Bertz CT molecular complexity index is 310. The van der Waals surface area contributed by atoms with Gasteiger partial charge in [0, 0.05) is 4.88 Å². The van der Waals surface area contributed by atoms with Gasteiger partial charge in [-0.25, -0.2) is 0 Å². The quantitative estimate of drug-likeness (QED) is 0.763. The Morgan fingerprint density at radius 2 is 2.38 bits per heavy atom. The van der Waals surface area contributed by atoms with Gasteiger partial charge in [0.2, 0.25) is 0 Å². The lowest BCUT2D eigenvalue weighted by Crippen LogP contribution is -2.19. The summed E-state index contributed by atoms with van der Waals surface area (Å²) in [4.78, 5) is 1.03. The first-order valence-corrected chi connectivity index (χ1v) is 5.78. The van der Waals surface area contributed by atoms with Crippen molar-refractivity contribution in [1.29, 1.82) is 0 Å². The van der Waals surface area contributed by atoms with Crippen molar-refractivity contribution < 1.29 is 5.11 Å². The molecule has 0 bridgehead atoms. The molecule has 2 unspecified atom stereocenters. The number of hydrogen-bond acceptors (Lipinski definition) is 2. The van der Waals surface area contributed by atoms with E-state index in [1.165, 1.54) is 11.3 Å². The summed E-state index contributed by atoms with van der Waals surface area (Å²) in [5.41, 5.74) is -0.586. The van der Waals surface area contributed by atoms with Crippen LogP contribution in [0.3, 0.4) is 0 Å². The molecule has 0 spiro atoms. The molecular weight excluding hydrogens is 204 g/mol. The molecule has 0 aromatic carbocycles. The van der Waals surface area contributed by atoms with Gasteiger partial charge in [-0.3, -0.25) is 0 Å². The van der Waals surface area contributed by atoms with Crippen molar-refractivity contribution in [2.45, 2.75) is 31.8 Å². The molecule has 0 radical (unpaired) electrons. The van der Waals surface area contributed by atoms with Crippen molar-refractivity contribution in [3.63, 3.8) is 0 Å². The molecule has 3 heteroatoms. The molecule has 1 saturated carbocycles. The Morgan fingerprint density at radius 1 is 1.62 bits per heavy atom. The number of halogens is 1. The van der Waals surface area contributed by atoms with Crippen LogP contribution in [0.2, 0.25) is 4.34 Å². The molecule has 1 N–H and O–H groups in total. The van der Waals surface area contributed by atoms with Gasteiger partial charge in [0.25, 0.3) is 0 Å². The van der Waals surface area contributed by atoms with Crippen LogP contribution in [0.5, 0.6) is 0 Å². The first-order chi connectivity index (χ1) is 6.10. The van der Waals surface area contributed by atoms with Gasteiger partial charge >= 0.3 is 0 Å². The van der Waals surface area contributed by atoms with Gasteiger partial charge in [-0.15, -0.1) is 11.3 Å². The fraction of sp³-hybridized carbons (Fsp3) is 0.600. The van der Waals surface area contributed by atoms with Crippen LogP contribution in [0.15, 0.2) is 12.1 Å². The Labute approximate surface area is 87.4 Å². The first kappa shape index (κ1) is 9.50. The molecule has 0 amide bonds. The molecule has 1 aliphatic carbocycles. The van der Waals surface area contributed by atoms with Gasteiger partial charge in [0.05, 0.1) is 9.94 Å². The fourth-order valence-electron chi connectivity index (χ4n) is 2.05. The van der Waals surface area contributed by atoms with Crippen molar-refractivity contribution >= 4 is 22.9 Å². The van der Waals surface area contributed by atoms with Crippen LogP contribution in [0, 0.1) is 5.92 Å². The van der Waals surface area contributed by atoms with Crippen LogP contribution in [0.1, 0.15) is 31.1 Å². The lowest BCUT2D eigenvalue weighted by atomic mass is 9.99. The third-order valence-corrected chi connectivity index (χ3v) is 4.19. The smallest absolute Gasteiger partial charge is 0.0991 e. The Balaban J connectivity index is 2.25. The molecule has 1 heterocycles. The van der Waals surface area contributed by atoms with Crippen LogP contribution < -0.4 is 0 Å². The Kier molecular flexibility index (Phi) is 2.39. The molecule has 1 aromatic rings. The Morgan fingerprint density at radius 3 is 2.85 bits per heavy atom. The minimum absolute atomic E-state index is 0.586. The van der Waals surface area contributed by atoms with E-state index in [-0.39, 0.29) is 0 Å². The first-order valence-electron chi connectivity index (χ1n) is 4.58. The molecule has 0 aliphatic heterocycles. The predicted octanol–water partition coefficient (Wildman–Crippen LogP) is 3.41. The zero-order valence-corrected chi connectivity index (χ0v) is 9.16. The number of rotatable bonds is 1. The minimum Gasteiger partial charge on any atom is -0.384 e. The minimum atomic E-state index is -0.586. The highest BCUT2D eigenvalue weighted by Gasteiger charge is 2.37. The van der Waals surface area contributed by atoms with Crippen LogP contribution in [0.4, 0.5) is 0 Å². The van der Waals surface area contributed by atoms with E-state index in [1.807, 2.05) is 12.1 Å². The van der Waals surface area contributed by atoms with Gasteiger partial charge in [-0.1, -0.05) is 18.5 Å². The number of hydrogen-bond donors (Lipinski definition) is 1. The summed E-state index contributed by atoms with van der Waals surface area (Å²) in [6.07, 6.45) is 2.88. The third kappa shape index (κ3) is 1.76. The zero-order valence-electron chi connectivity index (χ0n) is 7.59. The van der Waals surface area contributed by atoms with Gasteiger partial charge in [-0.2, -0.15) is 0 Å². The predicted molar refractivity (Wildman–Crippen MR) is 56.2 cm³/mol. The largest absolute Gasteiger partial charge is 0.384 e. The summed E-state index contributed by atoms with van der Waals surface area (Å²) in [5, 5.41) is 10.3. The molecule has 13 heavy (non-hydrogen) atoms. The number of thiophene rings is 1. The SMILES string of the molecule is CC1CCC(O)(c2ccc(Cl)s2)C1. The summed E-state index contributed by atoms with van der Waals surface area (Å²) in [6.45, 7) is 2.19.